The molecule has 0 radical (unpaired) electrons. The molecule has 2 saturated carbocycles. The van der Waals surface area contributed by atoms with E-state index in [1.165, 1.54) is 8.79 Å². The molecule has 3 aromatic carbocycles. The SMILES string of the molecule is CC.CC.CC1=C2C(O)C(=O)[C@@]3(C)C(O)CC4OCC4C3CC(O)(CC1)C2(C)C.CN(C)c1ccc2[c](c1)[Ge]([CH3])([CH3])[c]1cc(N(C)C)ccc1C21OC(=O)c2ccc(CNCC(=O)NCC(O)C=O)cc21.CO. The summed E-state index contributed by atoms with van der Waals surface area (Å²) in [5, 5.41) is 55.5. The fraction of sp³-hybridized carbons (Fsp3) is 0.579. The molecule has 9 rings (SSSR count). The number of aldehydes is 1. The minimum absolute atomic E-state index is 0.0112. The Morgan fingerprint density at radius 2 is 1.47 bits per heavy atom. The number of aliphatic hydroxyl groups excluding tert-OH is 4. The zero-order chi connectivity index (χ0) is 54.8. The third-order valence-electron chi connectivity index (χ3n) is 16.6. The zero-order valence-electron chi connectivity index (χ0n) is 46.0. The molecule has 16 heteroatoms. The van der Waals surface area contributed by atoms with Crippen LogP contribution in [0.15, 0.2) is 65.7 Å². The monoisotopic (exact) mass is 1070 g/mol. The molecular weight excluding hydrogens is 989 g/mol. The van der Waals surface area contributed by atoms with Crippen LogP contribution in [-0.4, -0.2) is 148 Å². The van der Waals surface area contributed by atoms with Crippen LogP contribution in [0, 0.1) is 22.7 Å². The number of aliphatic hydroxyl groups is 5. The van der Waals surface area contributed by atoms with Crippen molar-refractivity contribution in [3.05, 3.63) is 93.6 Å². The van der Waals surface area contributed by atoms with E-state index in [1.54, 1.807) is 6.92 Å². The van der Waals surface area contributed by atoms with Crippen LogP contribution in [-0.2, 0) is 36.0 Å². The Kier molecular flexibility index (Phi) is 18.9. The standard InChI is InChI=1S/C32H38GeN4O5.C20H30O5.2C2H6.CH4O/c1-33(2)28-14-21(36(3)4)8-11-25(28)32(26-12-9-22(37(5)6)15-29(26)33)27-13-20(7-10-24(27)31(41)42-32)16-34-18-30(40)35-17-23(39)19-38;1-10-5-6-20(24)8-12-11-9-25-13(11)7-14(21)19(12,4)17(23)16(22)15(10)18(20,2)3;3*1-2/h7-15,19,23,34,39H,16-18H2,1-6H3,(H,35,40);11-14,16,21-22,24H,5-9H2,1-4H3;2*1-2H3;2H,1H3/t;11?,12?,13?,14?,16?,19-,20?;;;/m.1.../s1. The number of hydrogen-bond donors (Lipinski definition) is 7. The Balaban J connectivity index is 0.000000271. The van der Waals surface area contributed by atoms with E-state index in [0.717, 1.165) is 46.3 Å². The molecule has 0 aromatic heterocycles. The number of rotatable bonds is 9. The molecule has 1 amide bonds. The first-order chi connectivity index (χ1) is 34.4. The average Bonchev–Trinajstić information content (AvgIpc) is 3.66. The molecule has 3 heterocycles. The summed E-state index contributed by atoms with van der Waals surface area (Å²) in [6.45, 7) is 16.4. The van der Waals surface area contributed by atoms with Crippen LogP contribution < -0.4 is 29.2 Å². The van der Waals surface area contributed by atoms with Gasteiger partial charge in [0.15, 0.2) is 5.78 Å². The van der Waals surface area contributed by atoms with Crippen molar-refractivity contribution in [2.24, 2.45) is 22.7 Å². The number of carbonyl (C=O) groups is 4. The molecule has 402 valence electrons. The smallest absolute Gasteiger partial charge is 0.0319 e. The number of fused-ring (bicyclic) bond motifs is 11. The molecule has 6 aliphatic rings. The van der Waals surface area contributed by atoms with E-state index in [4.69, 9.17) is 14.6 Å². The summed E-state index contributed by atoms with van der Waals surface area (Å²) in [4.78, 5) is 53.9. The molecule has 7 unspecified atom stereocenters. The number of ether oxygens (including phenoxy) is 2. The van der Waals surface area contributed by atoms with Gasteiger partial charge in [-0.3, -0.25) is 4.79 Å². The quantitative estimate of drug-likeness (QED) is 0.0683. The zero-order valence-corrected chi connectivity index (χ0v) is 48.1. The topological polar surface area (TPSA) is 218 Å². The van der Waals surface area contributed by atoms with Gasteiger partial charge < -0.3 is 35.1 Å². The average molecular weight is 1070 g/mol. The Bertz CT molecular complexity index is 2480. The van der Waals surface area contributed by atoms with Crippen LogP contribution >= 0.6 is 0 Å². The predicted molar refractivity (Wildman–Crippen MR) is 289 cm³/mol. The van der Waals surface area contributed by atoms with Crippen molar-refractivity contribution in [1.29, 1.82) is 0 Å². The molecule has 3 aliphatic carbocycles. The second kappa shape index (κ2) is 23.2. The molecule has 15 nitrogen and oxygen atoms in total. The maximum Gasteiger partial charge on any atom is 0.0319 e. The number of allylic oxidation sites excluding steroid dienone is 1. The van der Waals surface area contributed by atoms with Gasteiger partial charge in [0.25, 0.3) is 0 Å². The molecule has 7 N–H and O–H groups in total. The van der Waals surface area contributed by atoms with E-state index in [2.05, 4.69) is 68.3 Å². The molecule has 73 heavy (non-hydrogen) atoms. The predicted octanol–water partition coefficient (Wildman–Crippen LogP) is 4.43. The number of esters is 1. The van der Waals surface area contributed by atoms with Gasteiger partial charge in [0.05, 0.1) is 29.8 Å². The van der Waals surface area contributed by atoms with Crippen molar-refractivity contribution >= 4 is 57.4 Å². The number of carbonyl (C=O) groups excluding carboxylic acids is 4. The van der Waals surface area contributed by atoms with E-state index in [0.29, 0.717) is 56.3 Å². The van der Waals surface area contributed by atoms with Gasteiger partial charge in [0, 0.05) is 24.9 Å². The van der Waals surface area contributed by atoms with Crippen molar-refractivity contribution < 1.29 is 54.2 Å². The number of hydrogen-bond acceptors (Lipinski definition) is 14. The maximum absolute atomic E-state index is 13.5. The summed E-state index contributed by atoms with van der Waals surface area (Å²) in [6, 6.07) is 18.7. The summed E-state index contributed by atoms with van der Waals surface area (Å²) < 4.78 is 14.7. The van der Waals surface area contributed by atoms with Gasteiger partial charge in [0.2, 0.25) is 0 Å². The van der Waals surface area contributed by atoms with Crippen LogP contribution in [0.5, 0.6) is 0 Å². The third kappa shape index (κ3) is 10.3. The molecule has 3 aliphatic heterocycles. The Labute approximate surface area is 436 Å². The molecule has 3 fully saturated rings. The van der Waals surface area contributed by atoms with E-state index in [-0.39, 0.29) is 48.7 Å². The van der Waals surface area contributed by atoms with E-state index >= 15 is 0 Å². The van der Waals surface area contributed by atoms with Gasteiger partial charge in [0.1, 0.15) is 18.5 Å². The summed E-state index contributed by atoms with van der Waals surface area (Å²) in [7, 11) is 9.14. The van der Waals surface area contributed by atoms with Crippen LogP contribution in [0.25, 0.3) is 0 Å². The first-order valence-corrected chi connectivity index (χ1v) is 32.2. The van der Waals surface area contributed by atoms with Crippen molar-refractivity contribution in [1.82, 2.24) is 10.6 Å². The fourth-order valence-electron chi connectivity index (χ4n) is 12.2. The molecule has 1 spiro atoms. The minimum Gasteiger partial charge on any atom is -0.400 e. The Morgan fingerprint density at radius 3 is 1.99 bits per heavy atom. The molecular formula is C57H84GeN4O11. The fourth-order valence-corrected chi connectivity index (χ4v) is 18.9. The number of anilines is 2. The number of nitrogens with one attached hydrogen (secondary N) is 2. The van der Waals surface area contributed by atoms with Crippen molar-refractivity contribution in [3.8, 4) is 0 Å². The Morgan fingerprint density at radius 1 is 0.890 bits per heavy atom. The van der Waals surface area contributed by atoms with Gasteiger partial charge >= 0.3 is 227 Å². The number of amides is 1. The number of benzene rings is 3. The second-order valence-corrected chi connectivity index (χ2v) is 30.5. The minimum atomic E-state index is -2.88. The van der Waals surface area contributed by atoms with Crippen LogP contribution in [0.2, 0.25) is 11.5 Å². The Hall–Kier alpha value is -4.46. The van der Waals surface area contributed by atoms with E-state index in [1.807, 2.05) is 94.9 Å². The van der Waals surface area contributed by atoms with Crippen LogP contribution in [0.1, 0.15) is 114 Å². The summed E-state index contributed by atoms with van der Waals surface area (Å²) in [5.74, 6) is 3.82. The van der Waals surface area contributed by atoms with Crippen LogP contribution in [0.4, 0.5) is 11.4 Å². The van der Waals surface area contributed by atoms with Gasteiger partial charge in [-0.25, -0.2) is 0 Å². The van der Waals surface area contributed by atoms with Crippen LogP contribution in [0.3, 0.4) is 0 Å². The molecule has 8 atom stereocenters. The van der Waals surface area contributed by atoms with Gasteiger partial charge in [-0.2, -0.15) is 0 Å². The summed E-state index contributed by atoms with van der Waals surface area (Å²) >= 11 is -2.88. The summed E-state index contributed by atoms with van der Waals surface area (Å²) in [5.41, 5.74) is 4.37. The largest absolute Gasteiger partial charge is 0.400 e. The summed E-state index contributed by atoms with van der Waals surface area (Å²) in [6.07, 6.45) is -0.792. The molecule has 1 saturated heterocycles. The molecule has 3 aromatic rings. The maximum atomic E-state index is 13.5. The first kappa shape index (κ1) is 59.4. The van der Waals surface area contributed by atoms with Crippen molar-refractivity contribution in [2.45, 2.75) is 135 Å². The van der Waals surface area contributed by atoms with Gasteiger partial charge in [-0.1, -0.05) is 47.1 Å². The number of Topliss-reactive ketones (excluding diaryl/α,β-unsaturated/α-hetero) is 1. The van der Waals surface area contributed by atoms with Crippen molar-refractivity contribution in [2.75, 3.05) is 64.8 Å². The number of ketones is 1. The molecule has 2 bridgehead atoms. The first-order valence-electron chi connectivity index (χ1n) is 26.0. The van der Waals surface area contributed by atoms with Gasteiger partial charge in [-0.05, 0) is 44.6 Å². The normalized spacial score (nSPS) is 27.3. The third-order valence-corrected chi connectivity index (χ3v) is 24.0. The van der Waals surface area contributed by atoms with E-state index < -0.39 is 53.6 Å². The van der Waals surface area contributed by atoms with Gasteiger partial charge in [-0.15, -0.1) is 0 Å². The van der Waals surface area contributed by atoms with E-state index in [9.17, 15) is 39.6 Å². The number of nitrogens with zero attached hydrogens (tertiary/aromatic N) is 2. The van der Waals surface area contributed by atoms with Crippen molar-refractivity contribution in [3.63, 3.8) is 0 Å². The second-order valence-electron chi connectivity index (χ2n) is 21.4.